The molecule has 0 atom stereocenters. The molecule has 88 valence electrons. The third-order valence-electron chi connectivity index (χ3n) is 2.87. The van der Waals surface area contributed by atoms with E-state index in [4.69, 9.17) is 17.3 Å². The summed E-state index contributed by atoms with van der Waals surface area (Å²) in [6.07, 6.45) is 2.34. The topological polar surface area (TPSA) is 67.9 Å². The zero-order valence-electron chi connectivity index (χ0n) is 9.36. The van der Waals surface area contributed by atoms with Gasteiger partial charge in [-0.25, -0.2) is 0 Å². The molecule has 1 aliphatic heterocycles. The van der Waals surface area contributed by atoms with Gasteiger partial charge in [0.1, 0.15) is 0 Å². The molecule has 2 N–H and O–H groups in total. The van der Waals surface area contributed by atoms with Gasteiger partial charge in [0.15, 0.2) is 5.82 Å². The second-order valence-electron chi connectivity index (χ2n) is 4.21. The summed E-state index contributed by atoms with van der Waals surface area (Å²) in [4.78, 5) is 14.6. The number of nitrogens with zero attached hydrogens (tertiary/aromatic N) is 4. The third-order valence-corrected chi connectivity index (χ3v) is 3.11. The number of aromatic nitrogens is 3. The third kappa shape index (κ3) is 2.52. The molecule has 2 rings (SSSR count). The largest absolute Gasteiger partial charge is 0.368 e. The predicted octanol–water partition coefficient (Wildman–Crippen LogP) is 1.43. The fourth-order valence-corrected chi connectivity index (χ4v) is 1.95. The van der Waals surface area contributed by atoms with Crippen LogP contribution in [0.4, 0.5) is 11.9 Å². The normalized spacial score (nSPS) is 17.8. The first-order valence-corrected chi connectivity index (χ1v) is 6.04. The smallest absolute Gasteiger partial charge is 0.230 e. The number of rotatable bonds is 2. The van der Waals surface area contributed by atoms with E-state index in [-0.39, 0.29) is 11.8 Å². The molecule has 1 aromatic heterocycles. The zero-order chi connectivity index (χ0) is 11.5. The van der Waals surface area contributed by atoms with Crippen LogP contribution in [0.2, 0.25) is 0 Å². The number of anilines is 2. The lowest BCUT2D eigenvalue weighted by Crippen LogP contribution is -2.34. The Morgan fingerprint density at radius 2 is 2.00 bits per heavy atom. The first-order chi connectivity index (χ1) is 7.69. The van der Waals surface area contributed by atoms with Crippen molar-refractivity contribution < 1.29 is 0 Å². The number of alkyl halides is 1. The average molecular weight is 242 g/mol. The lowest BCUT2D eigenvalue weighted by atomic mass is 10.00. The molecular weight excluding hydrogens is 226 g/mol. The fourth-order valence-electron chi connectivity index (χ4n) is 1.83. The molecule has 1 aromatic rings. The minimum atomic E-state index is 0.249. The van der Waals surface area contributed by atoms with E-state index < -0.39 is 0 Å². The van der Waals surface area contributed by atoms with Gasteiger partial charge < -0.3 is 10.6 Å². The van der Waals surface area contributed by atoms with Gasteiger partial charge in [0, 0.05) is 13.1 Å². The molecule has 0 radical (unpaired) electrons. The van der Waals surface area contributed by atoms with Crippen LogP contribution in [0.5, 0.6) is 0 Å². The Hall–Kier alpha value is -1.10. The van der Waals surface area contributed by atoms with Gasteiger partial charge >= 0.3 is 0 Å². The summed E-state index contributed by atoms with van der Waals surface area (Å²) in [6.45, 7) is 4.22. The number of nitrogens with two attached hydrogens (primary N) is 1. The standard InChI is InChI=1S/C10H16ClN5/c1-7-2-4-16(5-3-7)10-14-8(6-11)13-9(12)15-10/h7H,2-6H2,1H3,(H2,12,13,14,15). The highest BCUT2D eigenvalue weighted by Crippen LogP contribution is 2.20. The van der Waals surface area contributed by atoms with Gasteiger partial charge in [-0.1, -0.05) is 6.92 Å². The summed E-state index contributed by atoms with van der Waals surface area (Å²) in [6, 6.07) is 0. The van der Waals surface area contributed by atoms with Crippen molar-refractivity contribution in [3.63, 3.8) is 0 Å². The molecule has 5 nitrogen and oxygen atoms in total. The summed E-state index contributed by atoms with van der Waals surface area (Å²) in [5.74, 6) is 2.50. The van der Waals surface area contributed by atoms with Crippen LogP contribution in [0, 0.1) is 5.92 Å². The van der Waals surface area contributed by atoms with Gasteiger partial charge in [-0.2, -0.15) is 15.0 Å². The van der Waals surface area contributed by atoms with Crippen LogP contribution in [0.15, 0.2) is 0 Å². The molecule has 1 fully saturated rings. The van der Waals surface area contributed by atoms with Crippen molar-refractivity contribution in [1.29, 1.82) is 0 Å². The minimum absolute atomic E-state index is 0.249. The maximum absolute atomic E-state index is 5.71. The summed E-state index contributed by atoms with van der Waals surface area (Å²) < 4.78 is 0. The molecule has 0 aromatic carbocycles. The highest BCUT2D eigenvalue weighted by Gasteiger charge is 2.18. The van der Waals surface area contributed by atoms with Gasteiger partial charge in [0.25, 0.3) is 0 Å². The Balaban J connectivity index is 2.16. The van der Waals surface area contributed by atoms with Crippen molar-refractivity contribution in [1.82, 2.24) is 15.0 Å². The monoisotopic (exact) mass is 241 g/mol. The highest BCUT2D eigenvalue weighted by molar-refractivity contribution is 6.16. The lowest BCUT2D eigenvalue weighted by Gasteiger charge is -2.30. The van der Waals surface area contributed by atoms with Crippen molar-refractivity contribution in [3.8, 4) is 0 Å². The van der Waals surface area contributed by atoms with Crippen LogP contribution < -0.4 is 10.6 Å². The maximum atomic E-state index is 5.71. The Bertz CT molecular complexity index is 362. The molecule has 1 saturated heterocycles. The van der Waals surface area contributed by atoms with E-state index in [0.29, 0.717) is 11.8 Å². The van der Waals surface area contributed by atoms with E-state index in [0.717, 1.165) is 19.0 Å². The number of halogens is 1. The first kappa shape index (κ1) is 11.4. The van der Waals surface area contributed by atoms with E-state index >= 15 is 0 Å². The molecule has 0 amide bonds. The SMILES string of the molecule is CC1CCN(c2nc(N)nc(CCl)n2)CC1. The molecule has 0 bridgehead atoms. The van der Waals surface area contributed by atoms with E-state index in [9.17, 15) is 0 Å². The first-order valence-electron chi connectivity index (χ1n) is 5.50. The molecule has 6 heteroatoms. The predicted molar refractivity (Wildman–Crippen MR) is 64.4 cm³/mol. The zero-order valence-corrected chi connectivity index (χ0v) is 10.1. The van der Waals surface area contributed by atoms with E-state index in [1.807, 2.05) is 0 Å². The minimum Gasteiger partial charge on any atom is -0.368 e. The van der Waals surface area contributed by atoms with Gasteiger partial charge in [-0.05, 0) is 18.8 Å². The van der Waals surface area contributed by atoms with Gasteiger partial charge in [-0.15, -0.1) is 11.6 Å². The molecule has 0 spiro atoms. The molecule has 16 heavy (non-hydrogen) atoms. The van der Waals surface area contributed by atoms with Crippen LogP contribution >= 0.6 is 11.6 Å². The van der Waals surface area contributed by atoms with E-state index in [1.54, 1.807) is 0 Å². The second-order valence-corrected chi connectivity index (χ2v) is 4.48. The number of hydrogen-bond donors (Lipinski definition) is 1. The van der Waals surface area contributed by atoms with Gasteiger partial charge in [-0.3, -0.25) is 0 Å². The van der Waals surface area contributed by atoms with Crippen LogP contribution in [-0.4, -0.2) is 28.0 Å². The van der Waals surface area contributed by atoms with E-state index in [2.05, 4.69) is 26.8 Å². The molecular formula is C10H16ClN5. The number of nitrogen functional groups attached to an aromatic ring is 1. The quantitative estimate of drug-likeness (QED) is 0.794. The van der Waals surface area contributed by atoms with Crippen LogP contribution in [-0.2, 0) is 5.88 Å². The van der Waals surface area contributed by atoms with Gasteiger partial charge in [0.2, 0.25) is 11.9 Å². The highest BCUT2D eigenvalue weighted by atomic mass is 35.5. The Labute approximate surface area is 100 Å². The number of hydrogen-bond acceptors (Lipinski definition) is 5. The molecule has 0 unspecified atom stereocenters. The summed E-state index contributed by atoms with van der Waals surface area (Å²) in [5.41, 5.74) is 5.62. The van der Waals surface area contributed by atoms with Crippen molar-refractivity contribution >= 4 is 23.5 Å². The Morgan fingerprint density at radius 1 is 1.31 bits per heavy atom. The van der Waals surface area contributed by atoms with Crippen molar-refractivity contribution in [2.24, 2.45) is 5.92 Å². The van der Waals surface area contributed by atoms with E-state index in [1.165, 1.54) is 12.8 Å². The maximum Gasteiger partial charge on any atom is 0.230 e. The van der Waals surface area contributed by atoms with Crippen molar-refractivity contribution in [3.05, 3.63) is 5.82 Å². The lowest BCUT2D eigenvalue weighted by molar-refractivity contribution is 0.434. The second kappa shape index (κ2) is 4.82. The van der Waals surface area contributed by atoms with Crippen molar-refractivity contribution in [2.75, 3.05) is 23.7 Å². The molecule has 0 saturated carbocycles. The Kier molecular flexibility index (Phi) is 3.43. The molecule has 0 aliphatic carbocycles. The van der Waals surface area contributed by atoms with Crippen LogP contribution in [0.1, 0.15) is 25.6 Å². The summed E-state index contributed by atoms with van der Waals surface area (Å²) in [5, 5.41) is 0. The van der Waals surface area contributed by atoms with Crippen LogP contribution in [0.25, 0.3) is 0 Å². The fraction of sp³-hybridized carbons (Fsp3) is 0.700. The van der Waals surface area contributed by atoms with Crippen molar-refractivity contribution in [2.45, 2.75) is 25.6 Å². The Morgan fingerprint density at radius 3 is 2.62 bits per heavy atom. The summed E-state index contributed by atoms with van der Waals surface area (Å²) in [7, 11) is 0. The average Bonchev–Trinajstić information content (AvgIpc) is 2.29. The summed E-state index contributed by atoms with van der Waals surface area (Å²) >= 11 is 5.71. The van der Waals surface area contributed by atoms with Crippen LogP contribution in [0.3, 0.4) is 0 Å². The van der Waals surface area contributed by atoms with Gasteiger partial charge in [0.05, 0.1) is 5.88 Å². The molecule has 2 heterocycles. The number of piperidine rings is 1. The molecule has 1 aliphatic rings.